The van der Waals surface area contributed by atoms with Crippen molar-refractivity contribution in [2.24, 2.45) is 11.8 Å². The van der Waals surface area contributed by atoms with Gasteiger partial charge < -0.3 is 10.4 Å². The van der Waals surface area contributed by atoms with Crippen LogP contribution in [0, 0.1) is 17.0 Å². The fourth-order valence-corrected chi connectivity index (χ4v) is 6.16. The molecule has 0 radical (unpaired) electrons. The summed E-state index contributed by atoms with van der Waals surface area (Å²) >= 11 is 0. The maximum Gasteiger partial charge on any atom is 0.238 e. The molecule has 3 aromatic carbocycles. The van der Waals surface area contributed by atoms with Gasteiger partial charge in [0.2, 0.25) is 11.8 Å². The number of hydrogen-bond donors (Lipinski definition) is 1. The Bertz CT molecular complexity index is 1220. The maximum atomic E-state index is 13.8. The molecule has 0 spiro atoms. The topological polar surface area (TPSA) is 83.9 Å². The molecule has 2 bridgehead atoms. The Morgan fingerprint density at radius 1 is 0.903 bits per heavy atom. The van der Waals surface area contributed by atoms with Gasteiger partial charge in [-0.3, -0.25) is 14.8 Å². The Morgan fingerprint density at radius 3 is 2.13 bits per heavy atom. The van der Waals surface area contributed by atoms with Crippen molar-refractivity contribution in [1.82, 2.24) is 0 Å². The second-order valence-corrected chi connectivity index (χ2v) is 8.66. The Hall–Kier alpha value is -3.48. The summed E-state index contributed by atoms with van der Waals surface area (Å²) in [6.07, 6.45) is 0. The van der Waals surface area contributed by atoms with Gasteiger partial charge in [-0.15, -0.1) is 0 Å². The predicted octanol–water partition coefficient (Wildman–Crippen LogP) is 3.95. The van der Waals surface area contributed by atoms with Crippen molar-refractivity contribution in [2.75, 3.05) is 10.1 Å². The third kappa shape index (κ3) is 2.13. The first kappa shape index (κ1) is 18.3. The van der Waals surface area contributed by atoms with E-state index in [1.165, 1.54) is 17.0 Å². The Morgan fingerprint density at radius 2 is 1.52 bits per heavy atom. The van der Waals surface area contributed by atoms with Crippen LogP contribution in [0.5, 0.6) is 0 Å². The number of imide groups is 1. The summed E-state index contributed by atoms with van der Waals surface area (Å²) in [6, 6.07) is 22.1. The minimum atomic E-state index is -0.632. The van der Waals surface area contributed by atoms with E-state index in [-0.39, 0.29) is 28.6 Å². The van der Waals surface area contributed by atoms with E-state index >= 15 is 0 Å². The van der Waals surface area contributed by atoms with Crippen LogP contribution in [0.15, 0.2) is 72.8 Å². The van der Waals surface area contributed by atoms with E-state index in [1.807, 2.05) is 24.3 Å². The number of nitrogens with zero attached hydrogens (tertiary/aromatic N) is 2. The lowest BCUT2D eigenvalue weighted by molar-refractivity contribution is -0.123. The molecule has 3 aliphatic carbocycles. The van der Waals surface area contributed by atoms with Crippen LogP contribution in [0.3, 0.4) is 0 Å². The largest absolute Gasteiger partial charge is 0.733 e. The van der Waals surface area contributed by atoms with E-state index in [9.17, 15) is 20.0 Å². The van der Waals surface area contributed by atoms with Gasteiger partial charge in [0.1, 0.15) is 0 Å². The molecule has 0 aromatic heterocycles. The molecule has 1 fully saturated rings. The van der Waals surface area contributed by atoms with Crippen molar-refractivity contribution in [3.8, 4) is 0 Å². The molecule has 0 saturated carbocycles. The zero-order chi connectivity index (χ0) is 21.5. The molecule has 4 aliphatic rings. The highest BCUT2D eigenvalue weighted by Crippen LogP contribution is 2.64. The van der Waals surface area contributed by atoms with Gasteiger partial charge in [-0.1, -0.05) is 61.5 Å². The van der Waals surface area contributed by atoms with Gasteiger partial charge in [-0.2, -0.15) is 0 Å². The van der Waals surface area contributed by atoms with Gasteiger partial charge in [0.25, 0.3) is 0 Å². The van der Waals surface area contributed by atoms with Gasteiger partial charge in [0.15, 0.2) is 0 Å². The number of rotatable bonds is 2. The van der Waals surface area contributed by atoms with Crippen molar-refractivity contribution in [3.63, 3.8) is 0 Å². The van der Waals surface area contributed by atoms with Gasteiger partial charge >= 0.3 is 0 Å². The lowest BCUT2D eigenvalue weighted by atomic mass is 9.48. The van der Waals surface area contributed by atoms with Crippen LogP contribution in [-0.4, -0.2) is 17.0 Å². The van der Waals surface area contributed by atoms with Crippen LogP contribution in [0.1, 0.15) is 35.1 Å². The number of carbonyl (C=O) groups is 2. The second-order valence-electron chi connectivity index (χ2n) is 8.66. The number of anilines is 2. The van der Waals surface area contributed by atoms with Gasteiger partial charge in [0.05, 0.1) is 23.2 Å². The molecule has 0 unspecified atom stereocenters. The SMILES string of the molecule is CC12c3ccccc3C(c3ccccc31)[C@H]1C(=O)N(c3cccc(N([O-])O)c3)C(=O)[C@H]12. The first-order chi connectivity index (χ1) is 14.9. The Kier molecular flexibility index (Phi) is 3.56. The molecular formula is C25H19N2O4-. The molecule has 6 nitrogen and oxygen atoms in total. The van der Waals surface area contributed by atoms with Crippen LogP contribution in [0.25, 0.3) is 0 Å². The summed E-state index contributed by atoms with van der Waals surface area (Å²) in [4.78, 5) is 28.7. The van der Waals surface area contributed by atoms with E-state index in [4.69, 9.17) is 0 Å². The minimum Gasteiger partial charge on any atom is -0.733 e. The molecular weight excluding hydrogens is 392 g/mol. The van der Waals surface area contributed by atoms with Crippen LogP contribution >= 0.6 is 0 Å². The number of amides is 2. The standard InChI is InChI=1S/C25H19N2O4/c1-25-18-11-4-2-9-16(18)20(17-10-3-5-12-19(17)25)21-22(25)24(29)26(23(21)28)14-7-6-8-15(13-14)27(30)31/h2-13,20-22,30H,1H3/q-1/t20?,21-,22+,25?/m1/s1. The molecule has 2 atom stereocenters. The third-order valence-corrected chi connectivity index (χ3v) is 7.35. The highest BCUT2D eigenvalue weighted by Gasteiger charge is 2.66. The summed E-state index contributed by atoms with van der Waals surface area (Å²) in [6.45, 7) is 2.07. The van der Waals surface area contributed by atoms with Crippen LogP contribution in [0.2, 0.25) is 0 Å². The average molecular weight is 411 g/mol. The Labute approximate surface area is 178 Å². The third-order valence-electron chi connectivity index (χ3n) is 7.35. The van der Waals surface area contributed by atoms with Gasteiger partial charge in [-0.25, -0.2) is 4.90 Å². The first-order valence-corrected chi connectivity index (χ1v) is 10.3. The highest BCUT2D eigenvalue weighted by molar-refractivity contribution is 6.23. The lowest BCUT2D eigenvalue weighted by Gasteiger charge is -2.52. The molecule has 154 valence electrons. The molecule has 6 heteroatoms. The molecule has 1 aliphatic heterocycles. The van der Waals surface area contributed by atoms with E-state index in [1.54, 1.807) is 12.1 Å². The summed E-state index contributed by atoms with van der Waals surface area (Å²) < 4.78 is 0. The smallest absolute Gasteiger partial charge is 0.238 e. The van der Waals surface area contributed by atoms with Crippen LogP contribution in [-0.2, 0) is 15.0 Å². The number of hydrogen-bond acceptors (Lipinski definition) is 5. The first-order valence-electron chi connectivity index (χ1n) is 10.3. The summed E-state index contributed by atoms with van der Waals surface area (Å²) in [5, 5.41) is 20.4. The normalized spacial score (nSPS) is 27.7. The van der Waals surface area contributed by atoms with Crippen LogP contribution in [0.4, 0.5) is 11.4 Å². The van der Waals surface area contributed by atoms with E-state index < -0.39 is 17.3 Å². The predicted molar refractivity (Wildman–Crippen MR) is 115 cm³/mol. The summed E-state index contributed by atoms with van der Waals surface area (Å²) in [5.41, 5.74) is 4.02. The molecule has 1 N–H and O–H groups in total. The quantitative estimate of drug-likeness (QED) is 0.510. The molecule has 1 heterocycles. The molecule has 7 rings (SSSR count). The van der Waals surface area contributed by atoms with Crippen molar-refractivity contribution in [1.29, 1.82) is 0 Å². The molecule has 3 aromatic rings. The van der Waals surface area contributed by atoms with E-state index in [0.717, 1.165) is 22.3 Å². The average Bonchev–Trinajstić information content (AvgIpc) is 3.06. The summed E-state index contributed by atoms with van der Waals surface area (Å²) in [7, 11) is 0. The zero-order valence-corrected chi connectivity index (χ0v) is 16.7. The number of carbonyl (C=O) groups excluding carboxylic acids is 2. The van der Waals surface area contributed by atoms with Crippen molar-refractivity contribution >= 4 is 23.2 Å². The van der Waals surface area contributed by atoms with Gasteiger partial charge in [0, 0.05) is 11.3 Å². The van der Waals surface area contributed by atoms with E-state index in [0.29, 0.717) is 5.69 Å². The molecule has 1 saturated heterocycles. The van der Waals surface area contributed by atoms with Crippen LogP contribution < -0.4 is 10.1 Å². The second kappa shape index (κ2) is 6.03. The minimum absolute atomic E-state index is 0.0336. The lowest BCUT2D eigenvalue weighted by Crippen LogP contribution is -2.51. The molecule has 31 heavy (non-hydrogen) atoms. The van der Waals surface area contributed by atoms with E-state index in [2.05, 4.69) is 31.2 Å². The van der Waals surface area contributed by atoms with Gasteiger partial charge in [-0.05, 0) is 40.5 Å². The highest BCUT2D eigenvalue weighted by atomic mass is 16.8. The maximum absolute atomic E-state index is 13.8. The monoisotopic (exact) mass is 411 g/mol. The fraction of sp³-hybridized carbons (Fsp3) is 0.200. The Balaban J connectivity index is 1.58. The molecule has 2 amide bonds. The zero-order valence-electron chi connectivity index (χ0n) is 16.7. The van der Waals surface area contributed by atoms with Crippen molar-refractivity contribution in [2.45, 2.75) is 18.3 Å². The fourth-order valence-electron chi connectivity index (χ4n) is 6.16. The number of benzene rings is 3. The van der Waals surface area contributed by atoms with Crippen molar-refractivity contribution < 1.29 is 14.8 Å². The van der Waals surface area contributed by atoms with Crippen molar-refractivity contribution in [3.05, 3.63) is 100 Å². The summed E-state index contributed by atoms with van der Waals surface area (Å²) in [5.74, 6) is -1.76.